The molecule has 0 aliphatic rings. The molecule has 0 radical (unpaired) electrons. The average Bonchev–Trinajstić information content (AvgIpc) is 2.09. The number of hydrogen-bond acceptors (Lipinski definition) is 4. The molecule has 0 aromatic carbocycles. The average molecular weight is 286 g/mol. The third-order valence-electron chi connectivity index (χ3n) is 2.13. The molecule has 0 aromatic rings. The zero-order valence-electron chi connectivity index (χ0n) is 10.8. The number of hydrogen-bond donors (Lipinski definition) is 1. The van der Waals surface area contributed by atoms with Gasteiger partial charge in [-0.25, -0.2) is 21.6 Å². The molecule has 17 heavy (non-hydrogen) atoms. The van der Waals surface area contributed by atoms with Crippen LogP contribution < -0.4 is 4.72 Å². The van der Waals surface area contributed by atoms with E-state index in [2.05, 4.69) is 4.72 Å². The van der Waals surface area contributed by atoms with Crippen LogP contribution in [0.3, 0.4) is 0 Å². The molecular formula is C9H22N2O4S2. The largest absolute Gasteiger partial charge is 0.214 e. The van der Waals surface area contributed by atoms with Gasteiger partial charge in [-0.1, -0.05) is 6.92 Å². The third-order valence-corrected chi connectivity index (χ3v) is 5.17. The Kier molecular flexibility index (Phi) is 6.60. The van der Waals surface area contributed by atoms with Crippen molar-refractivity contribution < 1.29 is 16.8 Å². The Morgan fingerprint density at radius 2 is 1.71 bits per heavy atom. The molecule has 0 aromatic heterocycles. The second kappa shape index (κ2) is 6.67. The van der Waals surface area contributed by atoms with Gasteiger partial charge in [-0.05, 0) is 20.3 Å². The maximum absolute atomic E-state index is 11.4. The first-order chi connectivity index (χ1) is 7.60. The lowest BCUT2D eigenvalue weighted by Crippen LogP contribution is -2.42. The van der Waals surface area contributed by atoms with Crippen molar-refractivity contribution in [1.29, 1.82) is 0 Å². The van der Waals surface area contributed by atoms with Crippen molar-refractivity contribution in [1.82, 2.24) is 9.03 Å². The molecule has 0 amide bonds. The molecule has 0 spiro atoms. The van der Waals surface area contributed by atoms with Crippen molar-refractivity contribution in [3.05, 3.63) is 0 Å². The van der Waals surface area contributed by atoms with E-state index in [9.17, 15) is 16.8 Å². The molecule has 0 saturated carbocycles. The van der Waals surface area contributed by atoms with Crippen molar-refractivity contribution in [3.8, 4) is 0 Å². The molecule has 104 valence electrons. The van der Waals surface area contributed by atoms with Crippen LogP contribution in [0.15, 0.2) is 0 Å². The minimum atomic E-state index is -3.30. The van der Waals surface area contributed by atoms with Gasteiger partial charge in [0.25, 0.3) is 0 Å². The molecular weight excluding hydrogens is 264 g/mol. The number of nitrogens with one attached hydrogen (secondary N) is 1. The lowest BCUT2D eigenvalue weighted by molar-refractivity contribution is 0.360. The summed E-state index contributed by atoms with van der Waals surface area (Å²) in [6, 6.07) is -0.180. The molecule has 6 nitrogen and oxygen atoms in total. The highest BCUT2D eigenvalue weighted by Gasteiger charge is 2.20. The fourth-order valence-corrected chi connectivity index (χ4v) is 3.73. The third kappa shape index (κ3) is 6.97. The molecule has 0 rings (SSSR count). The van der Waals surface area contributed by atoms with Gasteiger partial charge in [-0.15, -0.1) is 0 Å². The van der Waals surface area contributed by atoms with Crippen LogP contribution in [-0.2, 0) is 20.0 Å². The summed E-state index contributed by atoms with van der Waals surface area (Å²) in [6.07, 6.45) is 1.66. The minimum absolute atomic E-state index is 0.0630. The van der Waals surface area contributed by atoms with Gasteiger partial charge in [-0.2, -0.15) is 4.31 Å². The number of rotatable bonds is 8. The van der Waals surface area contributed by atoms with E-state index in [0.717, 1.165) is 6.26 Å². The van der Waals surface area contributed by atoms with Crippen molar-refractivity contribution in [2.24, 2.45) is 0 Å². The fourth-order valence-electron chi connectivity index (χ4n) is 1.46. The Balaban J connectivity index is 4.36. The fraction of sp³-hybridized carbons (Fsp3) is 1.00. The summed E-state index contributed by atoms with van der Waals surface area (Å²) in [4.78, 5) is 0. The first kappa shape index (κ1) is 16.8. The summed E-state index contributed by atoms with van der Waals surface area (Å²) in [5.74, 6) is 0.0630. The van der Waals surface area contributed by atoms with Crippen LogP contribution in [0.5, 0.6) is 0 Å². The Labute approximate surface area is 104 Å². The summed E-state index contributed by atoms with van der Waals surface area (Å²) in [6.45, 7) is 5.53. The molecule has 0 fully saturated rings. The van der Waals surface area contributed by atoms with Crippen molar-refractivity contribution in [2.45, 2.75) is 33.2 Å². The molecule has 0 bridgehead atoms. The number of nitrogens with zero attached hydrogens (tertiary/aromatic N) is 1. The zero-order chi connectivity index (χ0) is 13.7. The van der Waals surface area contributed by atoms with Crippen molar-refractivity contribution in [2.75, 3.05) is 25.1 Å². The highest BCUT2D eigenvalue weighted by atomic mass is 32.2. The van der Waals surface area contributed by atoms with Crippen LogP contribution in [0.4, 0.5) is 0 Å². The van der Waals surface area contributed by atoms with E-state index >= 15 is 0 Å². The topological polar surface area (TPSA) is 83.6 Å². The summed E-state index contributed by atoms with van der Waals surface area (Å²) in [7, 11) is -6.57. The van der Waals surface area contributed by atoms with E-state index < -0.39 is 20.0 Å². The maximum Gasteiger partial charge on any atom is 0.211 e. The van der Waals surface area contributed by atoms with E-state index in [1.807, 2.05) is 0 Å². The lowest BCUT2D eigenvalue weighted by Gasteiger charge is -2.23. The smallest absolute Gasteiger partial charge is 0.211 e. The Hall–Kier alpha value is -0.180. The molecule has 0 saturated heterocycles. The molecule has 0 heterocycles. The van der Waals surface area contributed by atoms with E-state index in [4.69, 9.17) is 0 Å². The molecule has 1 N–H and O–H groups in total. The van der Waals surface area contributed by atoms with Gasteiger partial charge in [0.1, 0.15) is 0 Å². The highest BCUT2D eigenvalue weighted by Crippen LogP contribution is 2.03. The predicted molar refractivity (Wildman–Crippen MR) is 68.8 cm³/mol. The zero-order valence-corrected chi connectivity index (χ0v) is 12.4. The Morgan fingerprint density at radius 1 is 1.18 bits per heavy atom. The Bertz CT molecular complexity index is 414. The minimum Gasteiger partial charge on any atom is -0.214 e. The monoisotopic (exact) mass is 286 g/mol. The van der Waals surface area contributed by atoms with Gasteiger partial charge in [0, 0.05) is 19.1 Å². The second-order valence-corrected chi connectivity index (χ2v) is 8.04. The maximum atomic E-state index is 11.4. The van der Waals surface area contributed by atoms with Gasteiger partial charge in [0.15, 0.2) is 0 Å². The second-order valence-electron chi connectivity index (χ2n) is 4.18. The van der Waals surface area contributed by atoms with Crippen LogP contribution in [0.25, 0.3) is 0 Å². The van der Waals surface area contributed by atoms with Crippen LogP contribution in [0.2, 0.25) is 0 Å². The first-order valence-electron chi connectivity index (χ1n) is 5.54. The van der Waals surface area contributed by atoms with Gasteiger partial charge in [0.05, 0.1) is 12.0 Å². The van der Waals surface area contributed by atoms with Crippen LogP contribution in [-0.4, -0.2) is 52.3 Å². The van der Waals surface area contributed by atoms with E-state index in [0.29, 0.717) is 6.42 Å². The van der Waals surface area contributed by atoms with Gasteiger partial charge in [-0.3, -0.25) is 0 Å². The molecule has 0 aliphatic heterocycles. The van der Waals surface area contributed by atoms with Crippen LogP contribution in [0, 0.1) is 0 Å². The van der Waals surface area contributed by atoms with Gasteiger partial charge in [0.2, 0.25) is 20.0 Å². The molecule has 0 atom stereocenters. The predicted octanol–water partition coefficient (Wildman–Crippen LogP) is -0.0142. The van der Waals surface area contributed by atoms with Crippen LogP contribution in [0.1, 0.15) is 27.2 Å². The molecule has 0 unspecified atom stereocenters. The molecule has 8 heteroatoms. The Morgan fingerprint density at radius 3 is 2.06 bits per heavy atom. The van der Waals surface area contributed by atoms with Gasteiger partial charge < -0.3 is 0 Å². The van der Waals surface area contributed by atoms with Crippen LogP contribution >= 0.6 is 0 Å². The first-order valence-corrected chi connectivity index (χ1v) is 9.04. The molecule has 0 aliphatic carbocycles. The lowest BCUT2D eigenvalue weighted by atomic mass is 10.4. The van der Waals surface area contributed by atoms with E-state index in [-0.39, 0.29) is 24.9 Å². The summed E-state index contributed by atoms with van der Waals surface area (Å²) in [5, 5.41) is 0. The normalized spacial score (nSPS) is 13.5. The van der Waals surface area contributed by atoms with E-state index in [1.165, 1.54) is 4.31 Å². The van der Waals surface area contributed by atoms with Gasteiger partial charge >= 0.3 is 0 Å². The van der Waals surface area contributed by atoms with E-state index in [1.54, 1.807) is 20.8 Å². The summed E-state index contributed by atoms with van der Waals surface area (Å²) < 4.78 is 49.2. The SMILES string of the molecule is CCCS(=O)(=O)NCCN(C(C)C)S(C)(=O)=O. The summed E-state index contributed by atoms with van der Waals surface area (Å²) in [5.41, 5.74) is 0. The number of sulfonamides is 2. The summed E-state index contributed by atoms with van der Waals surface area (Å²) >= 11 is 0. The van der Waals surface area contributed by atoms with Crippen molar-refractivity contribution >= 4 is 20.0 Å². The standard InChI is InChI=1S/C9H22N2O4S2/c1-5-8-17(14,15)10-6-7-11(9(2)3)16(4,12)13/h9-10H,5-8H2,1-4H3. The highest BCUT2D eigenvalue weighted by molar-refractivity contribution is 7.89. The van der Waals surface area contributed by atoms with Crippen molar-refractivity contribution in [3.63, 3.8) is 0 Å². The quantitative estimate of drug-likeness (QED) is 0.680.